The highest BCUT2D eigenvalue weighted by Gasteiger charge is 2.08. The Hall–Kier alpha value is -1.87. The summed E-state index contributed by atoms with van der Waals surface area (Å²) in [7, 11) is 1.55. The minimum atomic E-state index is 0.00345. The Kier molecular flexibility index (Phi) is 3.95. The third-order valence-corrected chi connectivity index (χ3v) is 2.80. The molecular formula is C14H12ClNO2. The van der Waals surface area contributed by atoms with Gasteiger partial charge < -0.3 is 4.74 Å². The van der Waals surface area contributed by atoms with Crippen LogP contribution >= 0.6 is 11.6 Å². The van der Waals surface area contributed by atoms with Crippen LogP contribution in [0.5, 0.6) is 5.75 Å². The number of ketones is 1. The predicted molar refractivity (Wildman–Crippen MR) is 70.3 cm³/mol. The van der Waals surface area contributed by atoms with Crippen molar-refractivity contribution < 1.29 is 9.53 Å². The Morgan fingerprint density at radius 3 is 2.67 bits per heavy atom. The quantitative estimate of drug-likeness (QED) is 0.794. The first kappa shape index (κ1) is 12.6. The lowest BCUT2D eigenvalue weighted by Crippen LogP contribution is -2.04. The maximum absolute atomic E-state index is 12.0. The van der Waals surface area contributed by atoms with Gasteiger partial charge in [-0.15, -0.1) is 0 Å². The maximum atomic E-state index is 12.0. The molecule has 0 N–H and O–H groups in total. The van der Waals surface area contributed by atoms with Crippen molar-refractivity contribution in [2.45, 2.75) is 6.42 Å². The molecule has 1 aromatic heterocycles. The van der Waals surface area contributed by atoms with Gasteiger partial charge in [0.15, 0.2) is 5.78 Å². The molecule has 2 aromatic rings. The van der Waals surface area contributed by atoms with E-state index >= 15 is 0 Å². The van der Waals surface area contributed by atoms with Gasteiger partial charge in [-0.05, 0) is 23.8 Å². The van der Waals surface area contributed by atoms with E-state index < -0.39 is 0 Å². The minimum Gasteiger partial charge on any atom is -0.495 e. The third-order valence-electron chi connectivity index (χ3n) is 2.55. The largest absolute Gasteiger partial charge is 0.495 e. The summed E-state index contributed by atoms with van der Waals surface area (Å²) in [5.74, 6) is 0.584. The standard InChI is InChI=1S/C14H12ClNO2/c1-18-13-7-11(8-16-9-13)14(17)6-10-2-4-12(15)5-3-10/h2-5,7-9H,6H2,1H3. The van der Waals surface area contributed by atoms with Crippen molar-refractivity contribution in [1.29, 1.82) is 0 Å². The van der Waals surface area contributed by atoms with E-state index in [2.05, 4.69) is 4.98 Å². The lowest BCUT2D eigenvalue weighted by Gasteiger charge is -2.03. The Morgan fingerprint density at radius 1 is 1.28 bits per heavy atom. The van der Waals surface area contributed by atoms with Crippen LogP contribution in [0.3, 0.4) is 0 Å². The van der Waals surface area contributed by atoms with Crippen molar-refractivity contribution in [2.75, 3.05) is 7.11 Å². The van der Waals surface area contributed by atoms with Crippen molar-refractivity contribution >= 4 is 17.4 Å². The van der Waals surface area contributed by atoms with E-state index in [0.717, 1.165) is 5.56 Å². The highest BCUT2D eigenvalue weighted by atomic mass is 35.5. The minimum absolute atomic E-state index is 0.00345. The van der Waals surface area contributed by atoms with Gasteiger partial charge in [0, 0.05) is 23.2 Å². The Bertz CT molecular complexity index is 552. The number of hydrogen-bond donors (Lipinski definition) is 0. The predicted octanol–water partition coefficient (Wildman–Crippen LogP) is 3.17. The lowest BCUT2D eigenvalue weighted by atomic mass is 10.0. The number of halogens is 1. The molecule has 1 aromatic carbocycles. The van der Waals surface area contributed by atoms with Crippen molar-refractivity contribution in [3.63, 3.8) is 0 Å². The first-order valence-corrected chi connectivity index (χ1v) is 5.83. The van der Waals surface area contributed by atoms with Gasteiger partial charge in [0.05, 0.1) is 13.3 Å². The smallest absolute Gasteiger partial charge is 0.168 e. The monoisotopic (exact) mass is 261 g/mol. The molecule has 18 heavy (non-hydrogen) atoms. The normalized spacial score (nSPS) is 10.1. The molecule has 3 nitrogen and oxygen atoms in total. The second-order valence-electron chi connectivity index (χ2n) is 3.84. The van der Waals surface area contributed by atoms with E-state index in [0.29, 0.717) is 22.8 Å². The molecule has 4 heteroatoms. The number of Topliss-reactive ketones (excluding diaryl/α,β-unsaturated/α-hetero) is 1. The molecule has 0 unspecified atom stereocenters. The molecule has 1 heterocycles. The average Bonchev–Trinajstić information content (AvgIpc) is 2.41. The van der Waals surface area contributed by atoms with E-state index in [-0.39, 0.29) is 5.78 Å². The SMILES string of the molecule is COc1cncc(C(=O)Cc2ccc(Cl)cc2)c1. The summed E-state index contributed by atoms with van der Waals surface area (Å²) in [4.78, 5) is 16.0. The molecule has 0 atom stereocenters. The number of aromatic nitrogens is 1. The van der Waals surface area contributed by atoms with E-state index in [1.54, 1.807) is 37.7 Å². The summed E-state index contributed by atoms with van der Waals surface area (Å²) in [6, 6.07) is 8.91. The number of hydrogen-bond acceptors (Lipinski definition) is 3. The Morgan fingerprint density at radius 2 is 2.00 bits per heavy atom. The first-order valence-electron chi connectivity index (χ1n) is 5.46. The van der Waals surface area contributed by atoms with Gasteiger partial charge in [-0.1, -0.05) is 23.7 Å². The van der Waals surface area contributed by atoms with E-state index in [1.165, 1.54) is 0 Å². The molecule has 0 radical (unpaired) electrons. The fraction of sp³-hybridized carbons (Fsp3) is 0.143. The number of rotatable bonds is 4. The summed E-state index contributed by atoms with van der Waals surface area (Å²) in [6.07, 6.45) is 3.44. The van der Waals surface area contributed by atoms with Crippen LogP contribution in [0, 0.1) is 0 Å². The van der Waals surface area contributed by atoms with Crippen LogP contribution in [-0.2, 0) is 6.42 Å². The zero-order chi connectivity index (χ0) is 13.0. The van der Waals surface area contributed by atoms with Crippen LogP contribution in [0.15, 0.2) is 42.7 Å². The number of carbonyl (C=O) groups is 1. The number of ether oxygens (including phenoxy) is 1. The zero-order valence-electron chi connectivity index (χ0n) is 9.89. The number of benzene rings is 1. The molecule has 0 amide bonds. The summed E-state index contributed by atoms with van der Waals surface area (Å²) in [5, 5.41) is 0.661. The number of carbonyl (C=O) groups excluding carboxylic acids is 1. The fourth-order valence-electron chi connectivity index (χ4n) is 1.57. The van der Waals surface area contributed by atoms with Gasteiger partial charge in [0.1, 0.15) is 5.75 Å². The topological polar surface area (TPSA) is 39.2 Å². The molecular weight excluding hydrogens is 250 g/mol. The van der Waals surface area contributed by atoms with Gasteiger partial charge in [-0.3, -0.25) is 9.78 Å². The second kappa shape index (κ2) is 5.65. The van der Waals surface area contributed by atoms with Crippen LogP contribution in [0.4, 0.5) is 0 Å². The molecule has 0 aliphatic heterocycles. The molecule has 0 fully saturated rings. The molecule has 0 aliphatic rings. The summed E-state index contributed by atoms with van der Waals surface area (Å²) in [6.45, 7) is 0. The number of pyridine rings is 1. The van der Waals surface area contributed by atoms with Crippen LogP contribution < -0.4 is 4.74 Å². The third kappa shape index (κ3) is 3.08. The second-order valence-corrected chi connectivity index (χ2v) is 4.28. The molecule has 0 saturated heterocycles. The average molecular weight is 262 g/mol. The first-order chi connectivity index (χ1) is 8.69. The van der Waals surface area contributed by atoms with E-state index in [4.69, 9.17) is 16.3 Å². The summed E-state index contributed by atoms with van der Waals surface area (Å²) in [5.41, 5.74) is 1.47. The highest BCUT2D eigenvalue weighted by molar-refractivity contribution is 6.30. The molecule has 0 bridgehead atoms. The van der Waals surface area contributed by atoms with Crippen LogP contribution in [0.1, 0.15) is 15.9 Å². The van der Waals surface area contributed by atoms with Crippen LogP contribution in [0.2, 0.25) is 5.02 Å². The maximum Gasteiger partial charge on any atom is 0.168 e. The molecule has 92 valence electrons. The fourth-order valence-corrected chi connectivity index (χ4v) is 1.70. The van der Waals surface area contributed by atoms with Crippen molar-refractivity contribution in [2.24, 2.45) is 0 Å². The van der Waals surface area contributed by atoms with Crippen molar-refractivity contribution in [3.8, 4) is 5.75 Å². The van der Waals surface area contributed by atoms with Crippen LogP contribution in [-0.4, -0.2) is 17.9 Å². The van der Waals surface area contributed by atoms with Gasteiger partial charge in [0.2, 0.25) is 0 Å². The van der Waals surface area contributed by atoms with Gasteiger partial charge >= 0.3 is 0 Å². The number of nitrogens with zero attached hydrogens (tertiary/aromatic N) is 1. The van der Waals surface area contributed by atoms with E-state index in [9.17, 15) is 4.79 Å². The molecule has 0 saturated carbocycles. The summed E-state index contributed by atoms with van der Waals surface area (Å²) < 4.78 is 5.04. The van der Waals surface area contributed by atoms with Crippen molar-refractivity contribution in [1.82, 2.24) is 4.98 Å². The van der Waals surface area contributed by atoms with Gasteiger partial charge in [-0.25, -0.2) is 0 Å². The van der Waals surface area contributed by atoms with Gasteiger partial charge in [0.25, 0.3) is 0 Å². The Balaban J connectivity index is 2.14. The molecule has 0 aliphatic carbocycles. The lowest BCUT2D eigenvalue weighted by molar-refractivity contribution is 0.0992. The Labute approximate surface area is 110 Å². The summed E-state index contributed by atoms with van der Waals surface area (Å²) >= 11 is 5.79. The van der Waals surface area contributed by atoms with Gasteiger partial charge in [-0.2, -0.15) is 0 Å². The molecule has 0 spiro atoms. The highest BCUT2D eigenvalue weighted by Crippen LogP contribution is 2.14. The van der Waals surface area contributed by atoms with Crippen molar-refractivity contribution in [3.05, 3.63) is 58.9 Å². The zero-order valence-corrected chi connectivity index (χ0v) is 10.6. The number of methoxy groups -OCH3 is 1. The van der Waals surface area contributed by atoms with E-state index in [1.807, 2.05) is 12.1 Å². The molecule has 2 rings (SSSR count). The van der Waals surface area contributed by atoms with Crippen LogP contribution in [0.25, 0.3) is 0 Å².